The van der Waals surface area contributed by atoms with Gasteiger partial charge in [-0.2, -0.15) is 0 Å². The normalized spacial score (nSPS) is 12.5. The maximum Gasteiger partial charge on any atom is 0.124 e. The highest BCUT2D eigenvalue weighted by Crippen LogP contribution is 2.39. The molecule has 1 N–H and O–H groups in total. The van der Waals surface area contributed by atoms with E-state index < -0.39 is 0 Å². The lowest BCUT2D eigenvalue weighted by atomic mass is 10.0. The Balaban J connectivity index is 2.54. The van der Waals surface area contributed by atoms with E-state index in [-0.39, 0.29) is 6.04 Å². The second-order valence-electron chi connectivity index (χ2n) is 4.94. The fraction of sp³-hybridized carbons (Fsp3) is 0.375. The summed E-state index contributed by atoms with van der Waals surface area (Å²) in [6.45, 7) is 7.21. The number of benzene rings is 1. The molecule has 0 spiro atoms. The molecule has 0 saturated carbocycles. The molecule has 0 aliphatic heterocycles. The van der Waals surface area contributed by atoms with E-state index in [4.69, 9.17) is 4.74 Å². The van der Waals surface area contributed by atoms with Gasteiger partial charge in [0.05, 0.1) is 16.9 Å². The van der Waals surface area contributed by atoms with Crippen molar-refractivity contribution >= 4 is 43.2 Å². The minimum Gasteiger partial charge on any atom is -0.496 e. The minimum atomic E-state index is 0.136. The van der Waals surface area contributed by atoms with Crippen LogP contribution < -0.4 is 10.1 Å². The van der Waals surface area contributed by atoms with Gasteiger partial charge >= 0.3 is 0 Å². The average Bonchev–Trinajstić information content (AvgIpc) is 2.78. The summed E-state index contributed by atoms with van der Waals surface area (Å²) in [6, 6.07) is 6.61. The first-order valence-electron chi connectivity index (χ1n) is 6.81. The first kappa shape index (κ1) is 17.0. The quantitative estimate of drug-likeness (QED) is 0.663. The van der Waals surface area contributed by atoms with Crippen LogP contribution >= 0.6 is 43.2 Å². The van der Waals surface area contributed by atoms with Gasteiger partial charge in [-0.25, -0.2) is 0 Å². The van der Waals surface area contributed by atoms with Gasteiger partial charge in [-0.15, -0.1) is 11.3 Å². The smallest absolute Gasteiger partial charge is 0.124 e. The molecule has 114 valence electrons. The molecule has 1 unspecified atom stereocenters. The molecule has 0 amide bonds. The molecule has 1 heterocycles. The highest BCUT2D eigenvalue weighted by molar-refractivity contribution is 9.11. The number of hydrogen-bond donors (Lipinski definition) is 1. The summed E-state index contributed by atoms with van der Waals surface area (Å²) in [5.74, 6) is 0.920. The van der Waals surface area contributed by atoms with Crippen LogP contribution in [-0.2, 0) is 0 Å². The maximum absolute atomic E-state index is 5.60. The van der Waals surface area contributed by atoms with Crippen molar-refractivity contribution in [3.8, 4) is 5.75 Å². The molecule has 0 fully saturated rings. The summed E-state index contributed by atoms with van der Waals surface area (Å²) in [5, 5.41) is 3.57. The van der Waals surface area contributed by atoms with Crippen molar-refractivity contribution in [3.05, 3.63) is 48.0 Å². The van der Waals surface area contributed by atoms with Crippen LogP contribution in [0.15, 0.2) is 26.5 Å². The third kappa shape index (κ3) is 3.70. The SMILES string of the molecule is CCNC(c1cc(C)c(Br)s1)c1cc(Br)c(C)cc1OC. The van der Waals surface area contributed by atoms with Crippen molar-refractivity contribution in [2.24, 2.45) is 0 Å². The Hall–Kier alpha value is -0.360. The second-order valence-corrected chi connectivity index (χ2v) is 8.20. The summed E-state index contributed by atoms with van der Waals surface area (Å²) in [5.41, 5.74) is 3.60. The predicted octanol–water partition coefficient (Wildman–Crippen LogP) is 5.60. The first-order valence-corrected chi connectivity index (χ1v) is 9.21. The molecule has 1 atom stereocenters. The van der Waals surface area contributed by atoms with E-state index in [0.717, 1.165) is 22.3 Å². The lowest BCUT2D eigenvalue weighted by molar-refractivity contribution is 0.404. The van der Waals surface area contributed by atoms with Crippen molar-refractivity contribution in [1.82, 2.24) is 5.32 Å². The van der Waals surface area contributed by atoms with Crippen molar-refractivity contribution < 1.29 is 4.74 Å². The summed E-state index contributed by atoms with van der Waals surface area (Å²) < 4.78 is 7.89. The summed E-state index contributed by atoms with van der Waals surface area (Å²) in [6.07, 6.45) is 0. The van der Waals surface area contributed by atoms with E-state index in [1.807, 2.05) is 0 Å². The molecule has 1 aromatic heterocycles. The van der Waals surface area contributed by atoms with Crippen LogP contribution in [0.3, 0.4) is 0 Å². The van der Waals surface area contributed by atoms with Crippen LogP contribution in [0.5, 0.6) is 5.75 Å². The zero-order valence-electron chi connectivity index (χ0n) is 12.6. The molecule has 21 heavy (non-hydrogen) atoms. The fourth-order valence-corrected chi connectivity index (χ4v) is 4.29. The van der Waals surface area contributed by atoms with Gasteiger partial charge in [0, 0.05) is 14.9 Å². The molecule has 1 aromatic carbocycles. The summed E-state index contributed by atoms with van der Waals surface area (Å²) in [4.78, 5) is 1.29. The van der Waals surface area contributed by atoms with E-state index in [0.29, 0.717) is 0 Å². The Kier molecular flexibility index (Phi) is 5.88. The van der Waals surface area contributed by atoms with E-state index in [1.165, 1.54) is 19.8 Å². The van der Waals surface area contributed by atoms with Crippen LogP contribution in [0.2, 0.25) is 0 Å². The Bertz CT molecular complexity index is 620. The third-order valence-corrected chi connectivity index (χ3v) is 6.45. The van der Waals surface area contributed by atoms with Crippen LogP contribution in [0.4, 0.5) is 0 Å². The number of thiophene rings is 1. The number of nitrogens with one attached hydrogen (secondary N) is 1. The standard InChI is InChI=1S/C16H19Br2NOS/c1-5-19-15(14-7-10(3)16(18)21-14)11-8-12(17)9(2)6-13(11)20-4/h6-8,15,19H,5H2,1-4H3. The van der Waals surface area contributed by atoms with Gasteiger partial charge in [0.2, 0.25) is 0 Å². The number of ether oxygens (including phenoxy) is 1. The molecule has 0 bridgehead atoms. The van der Waals surface area contributed by atoms with Gasteiger partial charge < -0.3 is 10.1 Å². The molecule has 0 aliphatic carbocycles. The molecule has 0 saturated heterocycles. The second kappa shape index (κ2) is 7.27. The Morgan fingerprint density at radius 3 is 2.43 bits per heavy atom. The Morgan fingerprint density at radius 2 is 1.90 bits per heavy atom. The van der Waals surface area contributed by atoms with Gasteiger partial charge in [0.25, 0.3) is 0 Å². The van der Waals surface area contributed by atoms with Gasteiger partial charge in [0.15, 0.2) is 0 Å². The zero-order chi connectivity index (χ0) is 15.6. The van der Waals surface area contributed by atoms with E-state index >= 15 is 0 Å². The molecule has 5 heteroatoms. The first-order chi connectivity index (χ1) is 9.97. The lowest BCUT2D eigenvalue weighted by Crippen LogP contribution is -2.21. The fourth-order valence-electron chi connectivity index (χ4n) is 2.27. The number of methoxy groups -OCH3 is 1. The molecular weight excluding hydrogens is 414 g/mol. The van der Waals surface area contributed by atoms with Crippen LogP contribution in [0.25, 0.3) is 0 Å². The van der Waals surface area contributed by atoms with Crippen molar-refractivity contribution in [1.29, 1.82) is 0 Å². The van der Waals surface area contributed by atoms with Gasteiger partial charge in [-0.05, 0) is 65.6 Å². The van der Waals surface area contributed by atoms with Crippen molar-refractivity contribution in [3.63, 3.8) is 0 Å². The zero-order valence-corrected chi connectivity index (χ0v) is 16.6. The monoisotopic (exact) mass is 431 g/mol. The number of rotatable bonds is 5. The van der Waals surface area contributed by atoms with Gasteiger partial charge in [0.1, 0.15) is 5.75 Å². The van der Waals surface area contributed by atoms with E-state index in [1.54, 1.807) is 18.4 Å². The third-order valence-electron chi connectivity index (χ3n) is 3.39. The van der Waals surface area contributed by atoms with Gasteiger partial charge in [-0.3, -0.25) is 0 Å². The minimum absolute atomic E-state index is 0.136. The van der Waals surface area contributed by atoms with Crippen molar-refractivity contribution in [2.45, 2.75) is 26.8 Å². The molecule has 2 nitrogen and oxygen atoms in total. The van der Waals surface area contributed by atoms with Crippen LogP contribution in [0, 0.1) is 13.8 Å². The lowest BCUT2D eigenvalue weighted by Gasteiger charge is -2.21. The van der Waals surface area contributed by atoms with Crippen LogP contribution in [-0.4, -0.2) is 13.7 Å². The van der Waals surface area contributed by atoms with Gasteiger partial charge in [-0.1, -0.05) is 22.9 Å². The largest absolute Gasteiger partial charge is 0.496 e. The number of aryl methyl sites for hydroxylation is 2. The van der Waals surface area contributed by atoms with E-state index in [9.17, 15) is 0 Å². The average molecular weight is 433 g/mol. The topological polar surface area (TPSA) is 21.3 Å². The number of hydrogen-bond acceptors (Lipinski definition) is 3. The van der Waals surface area contributed by atoms with Crippen LogP contribution in [0.1, 0.15) is 34.5 Å². The molecule has 2 rings (SSSR count). The van der Waals surface area contributed by atoms with Crippen molar-refractivity contribution in [2.75, 3.05) is 13.7 Å². The molecular formula is C16H19Br2NOS. The maximum atomic E-state index is 5.60. The number of halogens is 2. The predicted molar refractivity (Wildman–Crippen MR) is 97.7 cm³/mol. The summed E-state index contributed by atoms with van der Waals surface area (Å²) in [7, 11) is 1.73. The highest BCUT2D eigenvalue weighted by Gasteiger charge is 2.21. The summed E-state index contributed by atoms with van der Waals surface area (Å²) >= 11 is 9.02. The molecule has 2 aromatic rings. The van der Waals surface area contributed by atoms with E-state index in [2.05, 4.69) is 76.1 Å². The molecule has 0 aliphatic rings. The molecule has 0 radical (unpaired) electrons. The Labute approximate surface area is 147 Å². The highest BCUT2D eigenvalue weighted by atomic mass is 79.9. The Morgan fingerprint density at radius 1 is 1.19 bits per heavy atom.